The Hall–Kier alpha value is -1.69. The lowest BCUT2D eigenvalue weighted by atomic mass is 10.1. The molecular weight excluding hydrogens is 260 g/mol. The van der Waals surface area contributed by atoms with Gasteiger partial charge in [0.2, 0.25) is 0 Å². The van der Waals surface area contributed by atoms with Crippen LogP contribution in [0.2, 0.25) is 5.15 Å². The van der Waals surface area contributed by atoms with Crippen LogP contribution in [0, 0.1) is 0 Å². The fourth-order valence-corrected chi connectivity index (χ4v) is 1.45. The Balaban J connectivity index is 3.03. The van der Waals surface area contributed by atoms with Crippen LogP contribution in [0.4, 0.5) is 0 Å². The molecule has 7 heteroatoms. The topological polar surface area (TPSA) is 78.4 Å². The molecule has 0 fully saturated rings. The molecule has 0 unspecified atom stereocenters. The third-order valence-corrected chi connectivity index (χ3v) is 2.20. The Kier molecular flexibility index (Phi) is 5.51. The number of hydrogen-bond acceptors (Lipinski definition) is 6. The molecule has 1 aromatic rings. The Morgan fingerprint density at radius 3 is 2.22 bits per heavy atom. The summed E-state index contributed by atoms with van der Waals surface area (Å²) in [6, 6.07) is 1.33. The molecule has 0 aliphatic carbocycles. The van der Waals surface area contributed by atoms with Crippen LogP contribution in [0.15, 0.2) is 12.4 Å². The van der Waals surface area contributed by atoms with E-state index in [4.69, 9.17) is 21.1 Å². The number of ether oxygens (including phenoxy) is 2. The van der Waals surface area contributed by atoms with Gasteiger partial charge in [0.1, 0.15) is 11.5 Å². The van der Waals surface area contributed by atoms with E-state index in [1.165, 1.54) is 12.4 Å². The van der Waals surface area contributed by atoms with E-state index < -0.39 is 17.9 Å². The zero-order valence-electron chi connectivity index (χ0n) is 10.1. The molecular formula is C11H13ClN2O4. The largest absolute Gasteiger partial charge is 0.465 e. The van der Waals surface area contributed by atoms with Crippen molar-refractivity contribution in [1.29, 1.82) is 0 Å². The maximum atomic E-state index is 11.7. The lowest BCUT2D eigenvalue weighted by Gasteiger charge is -2.13. The summed E-state index contributed by atoms with van der Waals surface area (Å²) in [6.45, 7) is 3.61. The first-order valence-corrected chi connectivity index (χ1v) is 5.78. The fraction of sp³-hybridized carbons (Fsp3) is 0.455. The Bertz CT molecular complexity index is 421. The van der Waals surface area contributed by atoms with Crippen molar-refractivity contribution >= 4 is 23.5 Å². The van der Waals surface area contributed by atoms with Crippen molar-refractivity contribution in [1.82, 2.24) is 9.97 Å². The molecule has 0 spiro atoms. The highest BCUT2D eigenvalue weighted by molar-refractivity contribution is 6.29. The second kappa shape index (κ2) is 6.90. The molecule has 0 saturated heterocycles. The molecule has 0 saturated carbocycles. The highest BCUT2D eigenvalue weighted by atomic mass is 35.5. The highest BCUT2D eigenvalue weighted by Gasteiger charge is 2.33. The highest BCUT2D eigenvalue weighted by Crippen LogP contribution is 2.19. The maximum Gasteiger partial charge on any atom is 0.326 e. The van der Waals surface area contributed by atoms with Crippen molar-refractivity contribution in [3.63, 3.8) is 0 Å². The predicted octanol–water partition coefficient (Wildman–Crippen LogP) is 1.34. The third-order valence-electron chi connectivity index (χ3n) is 2.00. The third kappa shape index (κ3) is 3.66. The van der Waals surface area contributed by atoms with E-state index in [9.17, 15) is 9.59 Å². The van der Waals surface area contributed by atoms with Crippen molar-refractivity contribution in [2.75, 3.05) is 13.2 Å². The van der Waals surface area contributed by atoms with Gasteiger partial charge in [-0.15, -0.1) is 0 Å². The lowest BCUT2D eigenvalue weighted by Crippen LogP contribution is -2.27. The molecule has 1 rings (SSSR count). The average Bonchev–Trinajstić information content (AvgIpc) is 2.30. The molecule has 0 N–H and O–H groups in total. The molecule has 0 radical (unpaired) electrons. The van der Waals surface area contributed by atoms with Gasteiger partial charge in [-0.1, -0.05) is 11.6 Å². The van der Waals surface area contributed by atoms with Gasteiger partial charge in [0.25, 0.3) is 0 Å². The van der Waals surface area contributed by atoms with Crippen LogP contribution < -0.4 is 0 Å². The maximum absolute atomic E-state index is 11.7. The van der Waals surface area contributed by atoms with Gasteiger partial charge in [-0.25, -0.2) is 9.97 Å². The molecule has 0 aliphatic heterocycles. The van der Waals surface area contributed by atoms with Crippen LogP contribution in [-0.2, 0) is 19.1 Å². The van der Waals surface area contributed by atoms with E-state index in [1.54, 1.807) is 13.8 Å². The van der Waals surface area contributed by atoms with E-state index >= 15 is 0 Å². The minimum absolute atomic E-state index is 0.138. The monoisotopic (exact) mass is 272 g/mol. The van der Waals surface area contributed by atoms with Gasteiger partial charge >= 0.3 is 11.9 Å². The van der Waals surface area contributed by atoms with Crippen LogP contribution in [0.5, 0.6) is 0 Å². The Morgan fingerprint density at radius 2 is 1.78 bits per heavy atom. The van der Waals surface area contributed by atoms with Gasteiger partial charge in [0.05, 0.1) is 18.9 Å². The molecule has 98 valence electrons. The second-order valence-corrected chi connectivity index (χ2v) is 3.59. The summed E-state index contributed by atoms with van der Waals surface area (Å²) in [5, 5.41) is 0.138. The standard InChI is InChI=1S/C11H13ClN2O4/c1-3-17-10(15)9(11(16)18-4-2)7-5-8(12)14-6-13-7/h5-6,9H,3-4H2,1-2H3. The predicted molar refractivity (Wildman–Crippen MR) is 63.0 cm³/mol. The minimum Gasteiger partial charge on any atom is -0.465 e. The van der Waals surface area contributed by atoms with Crippen LogP contribution in [0.3, 0.4) is 0 Å². The summed E-state index contributed by atoms with van der Waals surface area (Å²) in [6.07, 6.45) is 1.17. The zero-order chi connectivity index (χ0) is 13.5. The number of carbonyl (C=O) groups is 2. The van der Waals surface area contributed by atoms with Crippen molar-refractivity contribution < 1.29 is 19.1 Å². The van der Waals surface area contributed by atoms with E-state index in [1.807, 2.05) is 0 Å². The van der Waals surface area contributed by atoms with Gasteiger partial charge in [-0.3, -0.25) is 9.59 Å². The zero-order valence-corrected chi connectivity index (χ0v) is 10.8. The lowest BCUT2D eigenvalue weighted by molar-refractivity contribution is -0.157. The van der Waals surface area contributed by atoms with Crippen LogP contribution in [0.1, 0.15) is 25.5 Å². The first-order chi connectivity index (χ1) is 8.60. The fourth-order valence-electron chi connectivity index (χ4n) is 1.29. The van der Waals surface area contributed by atoms with Crippen LogP contribution >= 0.6 is 11.6 Å². The number of aromatic nitrogens is 2. The smallest absolute Gasteiger partial charge is 0.326 e. The van der Waals surface area contributed by atoms with E-state index in [0.717, 1.165) is 0 Å². The van der Waals surface area contributed by atoms with Gasteiger partial charge < -0.3 is 9.47 Å². The van der Waals surface area contributed by atoms with Crippen LogP contribution in [-0.4, -0.2) is 35.1 Å². The Morgan fingerprint density at radius 1 is 1.22 bits per heavy atom. The number of carbonyl (C=O) groups excluding carboxylic acids is 2. The second-order valence-electron chi connectivity index (χ2n) is 3.20. The summed E-state index contributed by atoms with van der Waals surface area (Å²) >= 11 is 5.70. The molecule has 18 heavy (non-hydrogen) atoms. The average molecular weight is 273 g/mol. The number of rotatable bonds is 5. The van der Waals surface area contributed by atoms with Crippen LogP contribution in [0.25, 0.3) is 0 Å². The molecule has 0 aromatic carbocycles. The number of halogens is 1. The van der Waals surface area contributed by atoms with Gasteiger partial charge in [-0.05, 0) is 19.9 Å². The molecule has 0 amide bonds. The van der Waals surface area contributed by atoms with Crippen molar-refractivity contribution in [2.24, 2.45) is 0 Å². The SMILES string of the molecule is CCOC(=O)C(C(=O)OCC)c1cc(Cl)ncn1. The summed E-state index contributed by atoms with van der Waals surface area (Å²) in [5.74, 6) is -2.66. The molecule has 0 bridgehead atoms. The van der Waals surface area contributed by atoms with Crippen molar-refractivity contribution in [2.45, 2.75) is 19.8 Å². The molecule has 0 atom stereocenters. The van der Waals surface area contributed by atoms with Crippen molar-refractivity contribution in [3.8, 4) is 0 Å². The summed E-state index contributed by atoms with van der Waals surface area (Å²) in [5.41, 5.74) is 0.159. The first-order valence-electron chi connectivity index (χ1n) is 5.40. The first kappa shape index (κ1) is 14.4. The van der Waals surface area contributed by atoms with Crippen molar-refractivity contribution in [3.05, 3.63) is 23.2 Å². The van der Waals surface area contributed by atoms with E-state index in [-0.39, 0.29) is 24.1 Å². The molecule has 0 aliphatic rings. The van der Waals surface area contributed by atoms with Gasteiger partial charge in [-0.2, -0.15) is 0 Å². The summed E-state index contributed by atoms with van der Waals surface area (Å²) < 4.78 is 9.65. The molecule has 6 nitrogen and oxygen atoms in total. The van der Waals surface area contributed by atoms with E-state index in [0.29, 0.717) is 0 Å². The van der Waals surface area contributed by atoms with E-state index in [2.05, 4.69) is 9.97 Å². The summed E-state index contributed by atoms with van der Waals surface area (Å²) in [4.78, 5) is 31.0. The minimum atomic E-state index is -1.23. The number of esters is 2. The molecule has 1 aromatic heterocycles. The number of nitrogens with zero attached hydrogens (tertiary/aromatic N) is 2. The molecule has 1 heterocycles. The number of hydrogen-bond donors (Lipinski definition) is 0. The quantitative estimate of drug-likeness (QED) is 0.457. The summed E-state index contributed by atoms with van der Waals surface area (Å²) in [7, 11) is 0. The van der Waals surface area contributed by atoms with Gasteiger partial charge in [0.15, 0.2) is 5.92 Å². The Labute approximate surface area is 109 Å². The normalized spacial score (nSPS) is 10.2. The van der Waals surface area contributed by atoms with Gasteiger partial charge in [0, 0.05) is 0 Å².